The zero-order valence-corrected chi connectivity index (χ0v) is 17.5. The number of hydrogen-bond acceptors (Lipinski definition) is 6. The van der Waals surface area contributed by atoms with Crippen LogP contribution in [0.5, 0.6) is 0 Å². The second-order valence-electron chi connectivity index (χ2n) is 7.29. The Hall–Kier alpha value is -2.61. The molecule has 28 heavy (non-hydrogen) atoms. The van der Waals surface area contributed by atoms with E-state index >= 15 is 0 Å². The number of thiazole rings is 1. The van der Waals surface area contributed by atoms with E-state index in [2.05, 4.69) is 15.1 Å². The largest absolute Gasteiger partial charge is 0.338 e. The van der Waals surface area contributed by atoms with E-state index in [1.165, 1.54) is 0 Å². The van der Waals surface area contributed by atoms with Crippen molar-refractivity contribution >= 4 is 17.2 Å². The van der Waals surface area contributed by atoms with Gasteiger partial charge in [-0.1, -0.05) is 0 Å². The maximum atomic E-state index is 12.8. The van der Waals surface area contributed by atoms with Gasteiger partial charge in [0.15, 0.2) is 0 Å². The highest BCUT2D eigenvalue weighted by molar-refractivity contribution is 7.15. The fraction of sp³-hybridized carbons (Fsp3) is 0.450. The maximum absolute atomic E-state index is 12.8. The number of carbonyl (C=O) groups is 1. The molecule has 0 bridgehead atoms. The minimum atomic E-state index is 0.0801. The Balaban J connectivity index is 1.46. The number of likely N-dealkylation sites (tertiary alicyclic amines) is 1. The zero-order valence-electron chi connectivity index (χ0n) is 16.6. The number of amides is 1. The van der Waals surface area contributed by atoms with Crippen molar-refractivity contribution < 1.29 is 4.79 Å². The number of nitrogens with zero attached hydrogens (tertiary/aromatic N) is 6. The van der Waals surface area contributed by atoms with E-state index in [-0.39, 0.29) is 5.91 Å². The average Bonchev–Trinajstić information content (AvgIpc) is 3.24. The Morgan fingerprint density at radius 1 is 1.18 bits per heavy atom. The van der Waals surface area contributed by atoms with Crippen LogP contribution >= 0.6 is 11.3 Å². The Kier molecular flexibility index (Phi) is 4.97. The van der Waals surface area contributed by atoms with Crippen molar-refractivity contribution in [2.75, 3.05) is 13.1 Å². The van der Waals surface area contributed by atoms with Gasteiger partial charge in [0, 0.05) is 37.9 Å². The second-order valence-corrected chi connectivity index (χ2v) is 8.32. The maximum Gasteiger partial charge on any atom is 0.257 e. The number of aromatic nitrogens is 5. The third-order valence-electron chi connectivity index (χ3n) is 5.42. The van der Waals surface area contributed by atoms with E-state index in [1.54, 1.807) is 28.4 Å². The van der Waals surface area contributed by atoms with Gasteiger partial charge < -0.3 is 4.90 Å². The van der Waals surface area contributed by atoms with Crippen LogP contribution in [0.25, 0.3) is 10.6 Å². The van der Waals surface area contributed by atoms with E-state index < -0.39 is 0 Å². The first-order valence-corrected chi connectivity index (χ1v) is 10.3. The van der Waals surface area contributed by atoms with Crippen LogP contribution in [0, 0.1) is 20.8 Å². The smallest absolute Gasteiger partial charge is 0.257 e. The average molecular weight is 397 g/mol. The summed E-state index contributed by atoms with van der Waals surface area (Å²) in [5.41, 5.74) is 3.57. The van der Waals surface area contributed by atoms with Crippen molar-refractivity contribution in [1.82, 2.24) is 29.6 Å². The van der Waals surface area contributed by atoms with Crippen molar-refractivity contribution in [3.8, 4) is 10.6 Å². The topological polar surface area (TPSA) is 76.8 Å². The Morgan fingerprint density at radius 2 is 1.93 bits per heavy atom. The molecule has 8 heteroatoms. The van der Waals surface area contributed by atoms with Crippen LogP contribution < -0.4 is 0 Å². The molecule has 1 amide bonds. The van der Waals surface area contributed by atoms with Gasteiger partial charge in [-0.3, -0.25) is 9.48 Å². The van der Waals surface area contributed by atoms with Gasteiger partial charge in [-0.05, 0) is 39.7 Å². The number of rotatable bonds is 3. The lowest BCUT2D eigenvalue weighted by molar-refractivity contribution is 0.0712. The fourth-order valence-corrected chi connectivity index (χ4v) is 4.83. The van der Waals surface area contributed by atoms with Crippen LogP contribution in [0.4, 0.5) is 0 Å². The minimum Gasteiger partial charge on any atom is -0.338 e. The van der Waals surface area contributed by atoms with Crippen molar-refractivity contribution in [2.24, 2.45) is 7.05 Å². The van der Waals surface area contributed by atoms with E-state index in [0.717, 1.165) is 58.7 Å². The lowest BCUT2D eigenvalue weighted by Crippen LogP contribution is -2.38. The summed E-state index contributed by atoms with van der Waals surface area (Å²) in [6.45, 7) is 7.37. The molecule has 0 unspecified atom stereocenters. The zero-order chi connectivity index (χ0) is 19.8. The van der Waals surface area contributed by atoms with E-state index in [1.807, 2.05) is 38.8 Å². The van der Waals surface area contributed by atoms with Gasteiger partial charge in [-0.2, -0.15) is 5.10 Å². The van der Waals surface area contributed by atoms with Crippen LogP contribution in [0.1, 0.15) is 51.3 Å². The highest BCUT2D eigenvalue weighted by atomic mass is 32.1. The summed E-state index contributed by atoms with van der Waals surface area (Å²) in [6, 6.07) is 1.94. The number of hydrogen-bond donors (Lipinski definition) is 0. The third-order valence-corrected chi connectivity index (χ3v) is 6.76. The molecule has 0 aliphatic carbocycles. The number of aryl methyl sites for hydroxylation is 3. The molecule has 0 spiro atoms. The molecule has 4 rings (SSSR count). The monoisotopic (exact) mass is 396 g/mol. The molecular formula is C20H24N6OS. The fourth-order valence-electron chi connectivity index (χ4n) is 3.62. The first kappa shape index (κ1) is 18.7. The van der Waals surface area contributed by atoms with Crippen molar-refractivity contribution in [1.29, 1.82) is 0 Å². The molecule has 1 aliphatic rings. The van der Waals surface area contributed by atoms with Crippen molar-refractivity contribution in [2.45, 2.75) is 39.5 Å². The molecule has 3 aromatic heterocycles. The van der Waals surface area contributed by atoms with Gasteiger partial charge in [0.25, 0.3) is 5.91 Å². The molecule has 0 N–H and O–H groups in total. The summed E-state index contributed by atoms with van der Waals surface area (Å²) < 4.78 is 1.74. The van der Waals surface area contributed by atoms with Gasteiger partial charge >= 0.3 is 0 Å². The van der Waals surface area contributed by atoms with Crippen LogP contribution in [-0.2, 0) is 7.05 Å². The van der Waals surface area contributed by atoms with Crippen molar-refractivity contribution in [3.05, 3.63) is 46.2 Å². The normalized spacial score (nSPS) is 15.2. The molecule has 7 nitrogen and oxygen atoms in total. The summed E-state index contributed by atoms with van der Waals surface area (Å²) in [5, 5.41) is 5.34. The molecule has 0 aromatic carbocycles. The van der Waals surface area contributed by atoms with Gasteiger partial charge in [0.1, 0.15) is 5.82 Å². The first-order valence-electron chi connectivity index (χ1n) is 9.49. The Morgan fingerprint density at radius 3 is 2.57 bits per heavy atom. The second kappa shape index (κ2) is 7.43. The SMILES string of the molecule is Cc1nccc(-c2sc(C3CCN(C(=O)c4cnn(C)c4C)CC3)nc2C)n1. The summed E-state index contributed by atoms with van der Waals surface area (Å²) in [7, 11) is 1.86. The lowest BCUT2D eigenvalue weighted by Gasteiger charge is -2.31. The minimum absolute atomic E-state index is 0.0801. The molecule has 0 radical (unpaired) electrons. The molecule has 1 saturated heterocycles. The molecule has 1 aliphatic heterocycles. The molecule has 0 saturated carbocycles. The van der Waals surface area contributed by atoms with Crippen molar-refractivity contribution in [3.63, 3.8) is 0 Å². The lowest BCUT2D eigenvalue weighted by atomic mass is 9.97. The van der Waals surface area contributed by atoms with Crippen LogP contribution in [0.2, 0.25) is 0 Å². The summed E-state index contributed by atoms with van der Waals surface area (Å²) in [4.78, 5) is 29.4. The van der Waals surface area contributed by atoms with Crippen LogP contribution in [0.3, 0.4) is 0 Å². The van der Waals surface area contributed by atoms with Crippen LogP contribution in [-0.4, -0.2) is 48.6 Å². The van der Waals surface area contributed by atoms with E-state index in [4.69, 9.17) is 4.98 Å². The van der Waals surface area contributed by atoms with Crippen LogP contribution in [0.15, 0.2) is 18.5 Å². The summed E-state index contributed by atoms with van der Waals surface area (Å²) in [5.74, 6) is 1.24. The summed E-state index contributed by atoms with van der Waals surface area (Å²) >= 11 is 1.72. The van der Waals surface area contributed by atoms with Gasteiger partial charge in [-0.25, -0.2) is 15.0 Å². The van der Waals surface area contributed by atoms with E-state index in [0.29, 0.717) is 11.5 Å². The molecule has 146 valence electrons. The number of piperidine rings is 1. The predicted molar refractivity (Wildman–Crippen MR) is 108 cm³/mol. The van der Waals surface area contributed by atoms with Gasteiger partial charge in [0.2, 0.25) is 0 Å². The quantitative estimate of drug-likeness (QED) is 0.679. The molecule has 3 aromatic rings. The molecule has 0 atom stereocenters. The Labute approximate surface area is 168 Å². The third kappa shape index (κ3) is 3.44. The highest BCUT2D eigenvalue weighted by Crippen LogP contribution is 2.36. The van der Waals surface area contributed by atoms with E-state index in [9.17, 15) is 4.79 Å². The first-order chi connectivity index (χ1) is 13.4. The molecular weight excluding hydrogens is 372 g/mol. The predicted octanol–water partition coefficient (Wildman–Crippen LogP) is 3.28. The molecule has 1 fully saturated rings. The summed E-state index contributed by atoms with van der Waals surface area (Å²) in [6.07, 6.45) is 5.32. The van der Waals surface area contributed by atoms with Gasteiger partial charge in [-0.15, -0.1) is 11.3 Å². The molecule has 4 heterocycles. The highest BCUT2D eigenvalue weighted by Gasteiger charge is 2.28. The van der Waals surface area contributed by atoms with Gasteiger partial charge in [0.05, 0.1) is 33.0 Å². The Bertz CT molecular complexity index is 1020. The number of carbonyl (C=O) groups excluding carboxylic acids is 1. The standard InChI is InChI=1S/C20H24N6OS/c1-12-18(17-5-8-21-14(3)24-17)28-19(23-12)15-6-9-26(10-7-15)20(27)16-11-22-25(4)13(16)2/h5,8,11,15H,6-7,9-10H2,1-4H3.